The summed E-state index contributed by atoms with van der Waals surface area (Å²) in [4.78, 5) is 22.7. The van der Waals surface area contributed by atoms with Gasteiger partial charge < -0.3 is 14.9 Å². The Morgan fingerprint density at radius 1 is 1.30 bits per heavy atom. The van der Waals surface area contributed by atoms with Crippen LogP contribution in [0.4, 0.5) is 10.5 Å². The van der Waals surface area contributed by atoms with Crippen molar-refractivity contribution < 1.29 is 24.5 Å². The van der Waals surface area contributed by atoms with Gasteiger partial charge >= 0.3 is 12.1 Å². The third-order valence-corrected chi connectivity index (χ3v) is 4.19. The number of benzene rings is 1. The number of hydrogen-bond acceptors (Lipinski definition) is 5. The number of aromatic hydroxyl groups is 1. The lowest BCUT2D eigenvalue weighted by atomic mass is 10.2. The zero-order chi connectivity index (χ0) is 17.2. The van der Waals surface area contributed by atoms with Crippen LogP contribution in [0.3, 0.4) is 0 Å². The van der Waals surface area contributed by atoms with E-state index in [0.29, 0.717) is 0 Å². The maximum Gasteiger partial charge on any atom is 0.412 e. The topological polar surface area (TPSA) is 95.9 Å². The molecule has 0 aliphatic rings. The number of thioether (sulfide) groups is 1. The number of rotatable bonds is 9. The molecule has 0 spiro atoms. The van der Waals surface area contributed by atoms with E-state index in [0.717, 1.165) is 12.2 Å². The Bertz CT molecular complexity index is 535. The first-order chi connectivity index (χ1) is 10.9. The Morgan fingerprint density at radius 3 is 2.70 bits per heavy atom. The first-order valence-corrected chi connectivity index (χ1v) is 8.64. The van der Waals surface area contributed by atoms with Gasteiger partial charge in [0, 0.05) is 5.69 Å². The Kier molecular flexibility index (Phi) is 8.32. The van der Waals surface area contributed by atoms with Gasteiger partial charge in [-0.1, -0.05) is 26.2 Å². The van der Waals surface area contributed by atoms with Crippen molar-refractivity contribution in [3.63, 3.8) is 0 Å². The number of hydrogen-bond donors (Lipinski definition) is 3. The highest BCUT2D eigenvalue weighted by Gasteiger charge is 2.13. The molecule has 7 heteroatoms. The molecule has 1 aromatic carbocycles. The molecule has 0 bridgehead atoms. The van der Waals surface area contributed by atoms with Crippen LogP contribution in [-0.2, 0) is 4.74 Å². The molecule has 1 aromatic rings. The highest BCUT2D eigenvalue weighted by atomic mass is 32.2. The van der Waals surface area contributed by atoms with Crippen molar-refractivity contribution >= 4 is 29.5 Å². The third-order valence-electron chi connectivity index (χ3n) is 3.10. The van der Waals surface area contributed by atoms with Crippen LogP contribution in [-0.4, -0.2) is 33.5 Å². The van der Waals surface area contributed by atoms with Crippen LogP contribution >= 0.6 is 11.8 Å². The lowest BCUT2D eigenvalue weighted by Gasteiger charge is -2.14. The average Bonchev–Trinajstić information content (AvgIpc) is 2.48. The summed E-state index contributed by atoms with van der Waals surface area (Å²) < 4.78 is 5.19. The fraction of sp³-hybridized carbons (Fsp3) is 0.500. The lowest BCUT2D eigenvalue weighted by Crippen LogP contribution is -2.18. The second-order valence-electron chi connectivity index (χ2n) is 5.07. The summed E-state index contributed by atoms with van der Waals surface area (Å²) in [5.74, 6) is -0.695. The molecule has 1 amide bonds. The van der Waals surface area contributed by atoms with Crippen LogP contribution in [0.1, 0.15) is 49.9 Å². The summed E-state index contributed by atoms with van der Waals surface area (Å²) in [6.07, 6.45) is 4.01. The Balaban J connectivity index is 2.41. The normalized spacial score (nSPS) is 11.7. The number of aromatic carboxylic acids is 1. The van der Waals surface area contributed by atoms with Crippen molar-refractivity contribution in [1.82, 2.24) is 0 Å². The third kappa shape index (κ3) is 7.27. The predicted octanol–water partition coefficient (Wildman–Crippen LogP) is 4.30. The van der Waals surface area contributed by atoms with E-state index in [2.05, 4.69) is 12.2 Å². The second-order valence-corrected chi connectivity index (χ2v) is 6.47. The zero-order valence-corrected chi connectivity index (χ0v) is 14.2. The van der Waals surface area contributed by atoms with Gasteiger partial charge in [-0.05, 0) is 37.3 Å². The number of nitrogens with one attached hydrogen (secondary N) is 1. The van der Waals surface area contributed by atoms with Crippen LogP contribution in [0.25, 0.3) is 0 Å². The molecule has 0 aromatic heterocycles. The molecule has 3 N–H and O–H groups in total. The van der Waals surface area contributed by atoms with Crippen molar-refractivity contribution in [2.75, 3.05) is 11.1 Å². The molecule has 0 heterocycles. The van der Waals surface area contributed by atoms with Crippen molar-refractivity contribution in [2.45, 2.75) is 45.0 Å². The van der Waals surface area contributed by atoms with Gasteiger partial charge in [0.2, 0.25) is 0 Å². The molecular weight excluding hydrogens is 318 g/mol. The Labute approximate surface area is 140 Å². The smallest absolute Gasteiger partial charge is 0.412 e. The van der Waals surface area contributed by atoms with Gasteiger partial charge in [-0.15, -0.1) is 11.8 Å². The van der Waals surface area contributed by atoms with Crippen molar-refractivity contribution in [3.8, 4) is 5.75 Å². The first-order valence-electron chi connectivity index (χ1n) is 7.59. The molecule has 1 unspecified atom stereocenters. The molecular formula is C16H23NO5S. The van der Waals surface area contributed by atoms with Gasteiger partial charge in [-0.2, -0.15) is 0 Å². The van der Waals surface area contributed by atoms with E-state index >= 15 is 0 Å². The van der Waals surface area contributed by atoms with Crippen LogP contribution < -0.4 is 5.32 Å². The molecule has 128 valence electrons. The number of unbranched alkanes of at least 4 members (excludes halogenated alkanes) is 3. The van der Waals surface area contributed by atoms with Gasteiger partial charge in [0.15, 0.2) is 0 Å². The van der Waals surface area contributed by atoms with Gasteiger partial charge in [-0.3, -0.25) is 5.32 Å². The minimum Gasteiger partial charge on any atom is -0.507 e. The van der Waals surface area contributed by atoms with E-state index in [9.17, 15) is 14.7 Å². The first kappa shape index (κ1) is 19.2. The fourth-order valence-corrected chi connectivity index (χ4v) is 2.75. The van der Waals surface area contributed by atoms with Crippen molar-refractivity contribution in [1.29, 1.82) is 0 Å². The molecule has 0 fully saturated rings. The van der Waals surface area contributed by atoms with Crippen molar-refractivity contribution in [2.24, 2.45) is 0 Å². The van der Waals surface area contributed by atoms with Gasteiger partial charge in [-0.25, -0.2) is 9.59 Å². The van der Waals surface area contributed by atoms with E-state index in [4.69, 9.17) is 9.84 Å². The number of phenols is 1. The standard InChI is InChI=1S/C16H23NO5S/c1-3-4-5-6-9-23-11(2)22-16(21)17-12-7-8-14(18)13(10-12)15(19)20/h7-8,10-11,18H,3-6,9H2,1-2H3,(H,17,21)(H,19,20). The summed E-state index contributed by atoms with van der Waals surface area (Å²) in [7, 11) is 0. The Morgan fingerprint density at radius 2 is 2.04 bits per heavy atom. The number of carbonyl (C=O) groups excluding carboxylic acids is 1. The quantitative estimate of drug-likeness (QED) is 0.352. The van der Waals surface area contributed by atoms with Crippen LogP contribution in [0.2, 0.25) is 0 Å². The monoisotopic (exact) mass is 341 g/mol. The van der Waals surface area contributed by atoms with Crippen LogP contribution in [0, 0.1) is 0 Å². The number of ether oxygens (including phenoxy) is 1. The maximum atomic E-state index is 11.8. The Hall–Kier alpha value is -1.89. The van der Waals surface area contributed by atoms with E-state index in [-0.39, 0.29) is 22.4 Å². The number of carbonyl (C=O) groups is 2. The van der Waals surface area contributed by atoms with E-state index in [1.807, 2.05) is 0 Å². The molecule has 23 heavy (non-hydrogen) atoms. The van der Waals surface area contributed by atoms with Gasteiger partial charge in [0.05, 0.1) is 0 Å². The molecule has 1 rings (SSSR count). The predicted molar refractivity (Wildman–Crippen MR) is 91.2 cm³/mol. The number of amides is 1. The van der Waals surface area contributed by atoms with Crippen molar-refractivity contribution in [3.05, 3.63) is 23.8 Å². The summed E-state index contributed by atoms with van der Waals surface area (Å²) in [6.45, 7) is 3.95. The summed E-state index contributed by atoms with van der Waals surface area (Å²) in [5, 5.41) is 20.8. The molecule has 6 nitrogen and oxygen atoms in total. The molecule has 0 radical (unpaired) electrons. The van der Waals surface area contributed by atoms with Gasteiger partial charge in [0.1, 0.15) is 16.7 Å². The molecule has 0 aliphatic heterocycles. The summed E-state index contributed by atoms with van der Waals surface area (Å²) in [6, 6.07) is 3.80. The van der Waals surface area contributed by atoms with Gasteiger partial charge in [0.25, 0.3) is 0 Å². The number of anilines is 1. The minimum atomic E-state index is -1.27. The van der Waals surface area contributed by atoms with E-state index < -0.39 is 12.1 Å². The largest absolute Gasteiger partial charge is 0.507 e. The van der Waals surface area contributed by atoms with E-state index in [1.54, 1.807) is 18.7 Å². The van der Waals surface area contributed by atoms with Crippen LogP contribution in [0.15, 0.2) is 18.2 Å². The molecule has 0 saturated heterocycles. The fourth-order valence-electron chi connectivity index (χ4n) is 1.90. The molecule has 0 aliphatic carbocycles. The maximum absolute atomic E-state index is 11.8. The lowest BCUT2D eigenvalue weighted by molar-refractivity contribution is 0.0693. The molecule has 1 atom stereocenters. The summed E-state index contributed by atoms with van der Waals surface area (Å²) in [5.41, 5.74) is -0.306. The highest BCUT2D eigenvalue weighted by Crippen LogP contribution is 2.22. The average molecular weight is 341 g/mol. The molecule has 0 saturated carbocycles. The summed E-state index contributed by atoms with van der Waals surface area (Å²) >= 11 is 1.56. The van der Waals surface area contributed by atoms with E-state index in [1.165, 1.54) is 37.5 Å². The van der Waals surface area contributed by atoms with Crippen LogP contribution in [0.5, 0.6) is 5.75 Å². The SMILES string of the molecule is CCCCCCSC(C)OC(=O)Nc1ccc(O)c(C(=O)O)c1. The number of carboxylic acids is 1. The second kappa shape index (κ2) is 9.99. The zero-order valence-electron chi connectivity index (χ0n) is 13.4. The number of carboxylic acid groups (broad SMARTS) is 1. The minimum absolute atomic E-state index is 0.255. The highest BCUT2D eigenvalue weighted by molar-refractivity contribution is 7.99.